The van der Waals surface area contributed by atoms with Gasteiger partial charge in [-0.1, -0.05) is 0 Å². The summed E-state index contributed by atoms with van der Waals surface area (Å²) in [5.41, 5.74) is 0. The zero-order valence-corrected chi connectivity index (χ0v) is 10.3. The van der Waals surface area contributed by atoms with Crippen molar-refractivity contribution in [3.63, 3.8) is 0 Å². The van der Waals surface area contributed by atoms with Crippen LogP contribution in [0.2, 0.25) is 0 Å². The Balaban J connectivity index is 2.10. The third kappa shape index (κ3) is 2.44. The maximum atomic E-state index is 11.2. The number of aliphatic hydroxyl groups is 1. The third-order valence-electron chi connectivity index (χ3n) is 2.57. The van der Waals surface area contributed by atoms with Gasteiger partial charge in [0.15, 0.2) is 6.10 Å². The van der Waals surface area contributed by atoms with Gasteiger partial charge in [0, 0.05) is 0 Å². The van der Waals surface area contributed by atoms with Gasteiger partial charge in [0.1, 0.15) is 14.0 Å². The second kappa shape index (κ2) is 4.31. The SMILES string of the molecule is [B][C@@H]1O[C@H](COC(C)C)C2OP(=O)([O-])O[C@]21O. The normalized spacial score (nSPS) is 49.8. The number of ether oxygens (including phenoxy) is 2. The molecular formula is C8H13BO7P-. The van der Waals surface area contributed by atoms with Crippen molar-refractivity contribution < 1.29 is 33.1 Å². The maximum Gasteiger partial charge on any atom is 0.271 e. The van der Waals surface area contributed by atoms with Crippen LogP contribution >= 0.6 is 7.82 Å². The molecule has 5 atom stereocenters. The van der Waals surface area contributed by atoms with Crippen molar-refractivity contribution in [2.45, 2.75) is 43.9 Å². The first kappa shape index (κ1) is 13.5. The van der Waals surface area contributed by atoms with Crippen LogP contribution in [0.1, 0.15) is 13.8 Å². The molecular weight excluding hydrogens is 250 g/mol. The first-order chi connectivity index (χ1) is 7.74. The van der Waals surface area contributed by atoms with Gasteiger partial charge in [0.2, 0.25) is 5.79 Å². The van der Waals surface area contributed by atoms with Crippen molar-refractivity contribution in [3.8, 4) is 0 Å². The Kier molecular flexibility index (Phi) is 3.42. The monoisotopic (exact) mass is 263 g/mol. The summed E-state index contributed by atoms with van der Waals surface area (Å²) in [7, 11) is 0.955. The molecule has 2 aliphatic rings. The fourth-order valence-corrected chi connectivity index (χ4v) is 2.96. The predicted molar refractivity (Wildman–Crippen MR) is 54.0 cm³/mol. The van der Waals surface area contributed by atoms with Crippen LogP contribution in [0.4, 0.5) is 0 Å². The van der Waals surface area contributed by atoms with Gasteiger partial charge in [-0.3, -0.25) is 9.09 Å². The molecule has 0 aromatic rings. The Labute approximate surface area is 100 Å². The standard InChI is InChI=1S/C8H14BO7P/c1-4(2)13-3-5-6-8(10,7(9)14-5)16-17(11,12)15-6/h4-7,10H,3H2,1-2H3,(H,11,12)/p-1/t5-,6?,7-,8-/m1/s1. The molecule has 17 heavy (non-hydrogen) atoms. The van der Waals surface area contributed by atoms with Gasteiger partial charge in [-0.25, -0.2) is 0 Å². The quantitative estimate of drug-likeness (QED) is 0.508. The summed E-state index contributed by atoms with van der Waals surface area (Å²) in [6.45, 7) is 3.68. The molecule has 0 spiro atoms. The second-order valence-electron chi connectivity index (χ2n) is 4.29. The molecule has 7 nitrogen and oxygen atoms in total. The topological polar surface area (TPSA) is 97.3 Å². The van der Waals surface area contributed by atoms with Crippen LogP contribution in [0.5, 0.6) is 0 Å². The third-order valence-corrected chi connectivity index (χ3v) is 3.57. The highest BCUT2D eigenvalue weighted by Gasteiger charge is 2.62. The molecule has 0 bridgehead atoms. The number of hydrogen-bond donors (Lipinski definition) is 1. The molecule has 0 aromatic carbocycles. The van der Waals surface area contributed by atoms with Gasteiger partial charge >= 0.3 is 0 Å². The Morgan fingerprint density at radius 2 is 2.29 bits per heavy atom. The highest BCUT2D eigenvalue weighted by Crippen LogP contribution is 2.57. The van der Waals surface area contributed by atoms with E-state index in [9.17, 15) is 14.6 Å². The molecule has 1 N–H and O–H groups in total. The van der Waals surface area contributed by atoms with E-state index >= 15 is 0 Å². The fourth-order valence-electron chi connectivity index (χ4n) is 1.79. The van der Waals surface area contributed by atoms with E-state index in [0.29, 0.717) is 0 Å². The number of rotatable bonds is 3. The maximum absolute atomic E-state index is 11.2. The van der Waals surface area contributed by atoms with Crippen LogP contribution in [0.3, 0.4) is 0 Å². The van der Waals surface area contributed by atoms with Crippen LogP contribution in [0.15, 0.2) is 0 Å². The summed E-state index contributed by atoms with van der Waals surface area (Å²) in [6, 6.07) is -1.29. The van der Waals surface area contributed by atoms with Crippen molar-refractivity contribution in [2.24, 2.45) is 0 Å². The number of phosphoric ester groups is 1. The Hall–Kier alpha value is 0.0549. The van der Waals surface area contributed by atoms with Crippen LogP contribution in [-0.4, -0.2) is 49.7 Å². The van der Waals surface area contributed by atoms with E-state index in [0.717, 1.165) is 0 Å². The van der Waals surface area contributed by atoms with E-state index in [2.05, 4.69) is 9.05 Å². The summed E-state index contributed by atoms with van der Waals surface area (Å²) < 4.78 is 30.7. The fraction of sp³-hybridized carbons (Fsp3) is 1.00. The highest BCUT2D eigenvalue weighted by molar-refractivity contribution is 7.46. The van der Waals surface area contributed by atoms with Gasteiger partial charge in [-0.05, 0) is 13.8 Å². The Bertz CT molecular complexity index is 351. The summed E-state index contributed by atoms with van der Waals surface area (Å²) in [4.78, 5) is 11.2. The number of phosphoric acid groups is 1. The van der Waals surface area contributed by atoms with Gasteiger partial charge < -0.3 is 24.0 Å². The van der Waals surface area contributed by atoms with Gasteiger partial charge in [-0.15, -0.1) is 0 Å². The van der Waals surface area contributed by atoms with Crippen molar-refractivity contribution in [2.75, 3.05) is 6.61 Å². The molecule has 2 heterocycles. The van der Waals surface area contributed by atoms with Gasteiger partial charge in [-0.2, -0.15) is 0 Å². The van der Waals surface area contributed by atoms with Crippen LogP contribution in [-0.2, 0) is 23.1 Å². The first-order valence-corrected chi connectivity index (χ1v) is 6.66. The van der Waals surface area contributed by atoms with Crippen molar-refractivity contribution >= 4 is 15.7 Å². The molecule has 0 aromatic heterocycles. The lowest BCUT2D eigenvalue weighted by atomic mass is 9.90. The van der Waals surface area contributed by atoms with E-state index in [1.165, 1.54) is 0 Å². The largest absolute Gasteiger partial charge is 0.756 e. The molecule has 96 valence electrons. The van der Waals surface area contributed by atoms with Crippen molar-refractivity contribution in [1.29, 1.82) is 0 Å². The summed E-state index contributed by atoms with van der Waals surface area (Å²) in [5, 5.41) is 9.95. The van der Waals surface area contributed by atoms with Gasteiger partial charge in [0.25, 0.3) is 7.82 Å². The molecule has 0 saturated carbocycles. The van der Waals surface area contributed by atoms with E-state index in [-0.39, 0.29) is 12.7 Å². The minimum atomic E-state index is -4.52. The zero-order valence-electron chi connectivity index (χ0n) is 9.44. The molecule has 2 unspecified atom stereocenters. The highest BCUT2D eigenvalue weighted by atomic mass is 31.2. The summed E-state index contributed by atoms with van der Waals surface area (Å²) >= 11 is 0. The lowest BCUT2D eigenvalue weighted by Gasteiger charge is -2.24. The molecule has 0 aliphatic carbocycles. The van der Waals surface area contributed by atoms with Crippen LogP contribution in [0.25, 0.3) is 0 Å². The summed E-state index contributed by atoms with van der Waals surface area (Å²) in [5.74, 6) is -2.16. The average Bonchev–Trinajstić information content (AvgIpc) is 2.54. The first-order valence-electron chi connectivity index (χ1n) is 5.20. The van der Waals surface area contributed by atoms with E-state index in [4.69, 9.17) is 17.3 Å². The minimum absolute atomic E-state index is 0.0572. The number of fused-ring (bicyclic) bond motifs is 1. The lowest BCUT2D eigenvalue weighted by molar-refractivity contribution is -0.234. The van der Waals surface area contributed by atoms with E-state index in [1.807, 2.05) is 13.8 Å². The van der Waals surface area contributed by atoms with Crippen molar-refractivity contribution in [1.82, 2.24) is 0 Å². The molecule has 2 rings (SSSR count). The van der Waals surface area contributed by atoms with E-state index < -0.39 is 31.8 Å². The number of hydrogen-bond acceptors (Lipinski definition) is 7. The Morgan fingerprint density at radius 1 is 1.65 bits per heavy atom. The average molecular weight is 263 g/mol. The second-order valence-corrected chi connectivity index (χ2v) is 5.58. The zero-order chi connectivity index (χ0) is 12.8. The van der Waals surface area contributed by atoms with Crippen LogP contribution in [0, 0.1) is 0 Å². The Morgan fingerprint density at radius 3 is 2.88 bits per heavy atom. The molecule has 2 fully saturated rings. The smallest absolute Gasteiger partial charge is 0.271 e. The molecule has 2 saturated heterocycles. The molecule has 9 heteroatoms. The van der Waals surface area contributed by atoms with Gasteiger partial charge in [0.05, 0.1) is 18.7 Å². The molecule has 2 aliphatic heterocycles. The molecule has 2 radical (unpaired) electrons. The van der Waals surface area contributed by atoms with E-state index in [1.54, 1.807) is 0 Å². The van der Waals surface area contributed by atoms with Crippen molar-refractivity contribution in [3.05, 3.63) is 0 Å². The summed E-state index contributed by atoms with van der Waals surface area (Å²) in [6.07, 6.45) is -2.05. The molecule has 0 amide bonds. The van der Waals surface area contributed by atoms with Crippen LogP contribution < -0.4 is 4.89 Å². The lowest BCUT2D eigenvalue weighted by Crippen LogP contribution is -2.46. The minimum Gasteiger partial charge on any atom is -0.756 e. The predicted octanol–water partition coefficient (Wildman–Crippen LogP) is -1.12.